The first-order valence-corrected chi connectivity index (χ1v) is 12.2. The van der Waals surface area contributed by atoms with E-state index < -0.39 is 12.0 Å². The van der Waals surface area contributed by atoms with Crippen LogP contribution in [0.2, 0.25) is 0 Å². The first kappa shape index (κ1) is 25.0. The number of carbonyl (C=O) groups excluding carboxylic acids is 1. The van der Waals surface area contributed by atoms with Crippen LogP contribution in [0.1, 0.15) is 37.9 Å². The monoisotopic (exact) mass is 502 g/mol. The highest BCUT2D eigenvalue weighted by Gasteiger charge is 2.33. The van der Waals surface area contributed by atoms with Gasteiger partial charge in [0.2, 0.25) is 0 Å². The zero-order valence-electron chi connectivity index (χ0n) is 20.5. The molecule has 0 spiro atoms. The molecule has 7 nitrogen and oxygen atoms in total. The number of terminal acetylenes is 1. The Balaban J connectivity index is 1.86. The fourth-order valence-electron chi connectivity index (χ4n) is 3.97. The van der Waals surface area contributed by atoms with Crippen LogP contribution in [0.5, 0.6) is 11.5 Å². The molecule has 2 aromatic carbocycles. The predicted molar refractivity (Wildman–Crippen MR) is 139 cm³/mol. The summed E-state index contributed by atoms with van der Waals surface area (Å²) in [6.45, 7) is 5.47. The molecule has 36 heavy (non-hydrogen) atoms. The third-order valence-electron chi connectivity index (χ3n) is 5.50. The van der Waals surface area contributed by atoms with Gasteiger partial charge in [-0.25, -0.2) is 9.79 Å². The zero-order chi connectivity index (χ0) is 25.8. The minimum absolute atomic E-state index is 0.120. The van der Waals surface area contributed by atoms with E-state index in [1.807, 2.05) is 36.4 Å². The first-order chi connectivity index (χ1) is 17.3. The van der Waals surface area contributed by atoms with Gasteiger partial charge in [0.05, 0.1) is 35.1 Å². The lowest BCUT2D eigenvalue weighted by atomic mass is 9.96. The van der Waals surface area contributed by atoms with Crippen LogP contribution in [0.4, 0.5) is 0 Å². The molecular formula is C28H26N2O5S. The van der Waals surface area contributed by atoms with Crippen molar-refractivity contribution in [1.82, 2.24) is 4.57 Å². The third kappa shape index (κ3) is 4.97. The van der Waals surface area contributed by atoms with E-state index in [0.717, 1.165) is 11.1 Å². The molecule has 2 heterocycles. The Kier molecular flexibility index (Phi) is 7.41. The molecular weight excluding hydrogens is 476 g/mol. The Morgan fingerprint density at radius 2 is 1.97 bits per heavy atom. The second-order valence-electron chi connectivity index (χ2n) is 8.35. The summed E-state index contributed by atoms with van der Waals surface area (Å²) in [5, 5.41) is 0. The number of nitrogens with zero attached hydrogens (tertiary/aromatic N) is 2. The molecule has 4 rings (SSSR count). The molecule has 184 valence electrons. The molecule has 3 aromatic rings. The van der Waals surface area contributed by atoms with Crippen LogP contribution in [0.15, 0.2) is 69.6 Å². The van der Waals surface area contributed by atoms with E-state index in [1.54, 1.807) is 43.5 Å². The fraction of sp³-hybridized carbons (Fsp3) is 0.250. The van der Waals surface area contributed by atoms with Crippen LogP contribution in [-0.4, -0.2) is 30.4 Å². The van der Waals surface area contributed by atoms with Crippen LogP contribution < -0.4 is 24.4 Å². The molecule has 0 amide bonds. The van der Waals surface area contributed by atoms with Gasteiger partial charge >= 0.3 is 5.97 Å². The van der Waals surface area contributed by atoms with Crippen molar-refractivity contribution in [2.75, 3.05) is 13.7 Å². The molecule has 0 aliphatic carbocycles. The molecule has 0 saturated carbocycles. The number of benzene rings is 2. The summed E-state index contributed by atoms with van der Waals surface area (Å²) in [6, 6.07) is 14.1. The van der Waals surface area contributed by atoms with Crippen LogP contribution in [0.3, 0.4) is 0 Å². The highest BCUT2D eigenvalue weighted by molar-refractivity contribution is 7.07. The van der Waals surface area contributed by atoms with Crippen molar-refractivity contribution in [2.45, 2.75) is 32.9 Å². The van der Waals surface area contributed by atoms with Gasteiger partial charge in [-0.15, -0.1) is 6.42 Å². The Hall–Kier alpha value is -4.09. The fourth-order valence-corrected chi connectivity index (χ4v) is 5.02. The zero-order valence-corrected chi connectivity index (χ0v) is 21.3. The van der Waals surface area contributed by atoms with Gasteiger partial charge in [0.15, 0.2) is 16.3 Å². The number of esters is 1. The lowest BCUT2D eigenvalue weighted by molar-refractivity contribution is -0.143. The van der Waals surface area contributed by atoms with Crippen LogP contribution in [0, 0.1) is 12.3 Å². The summed E-state index contributed by atoms with van der Waals surface area (Å²) in [7, 11) is 1.54. The molecule has 1 atom stereocenters. The number of methoxy groups -OCH3 is 1. The number of fused-ring (bicyclic) bond motifs is 1. The SMILES string of the molecule is C#CCOc1ccc(C=c2sc3n(c2=O)C(c2ccccc2)C(C(=O)OC(C)C)=C(C)N=3)cc1OC. The van der Waals surface area contributed by atoms with E-state index in [1.165, 1.54) is 18.4 Å². The summed E-state index contributed by atoms with van der Waals surface area (Å²) in [5.74, 6) is 2.96. The van der Waals surface area contributed by atoms with E-state index in [-0.39, 0.29) is 18.3 Å². The number of aromatic nitrogens is 1. The second kappa shape index (κ2) is 10.7. The van der Waals surface area contributed by atoms with Gasteiger partial charge in [0.1, 0.15) is 6.61 Å². The molecule has 1 aliphatic heterocycles. The number of ether oxygens (including phenoxy) is 3. The molecule has 1 unspecified atom stereocenters. The van der Waals surface area contributed by atoms with E-state index in [9.17, 15) is 9.59 Å². The van der Waals surface area contributed by atoms with Gasteiger partial charge in [0, 0.05) is 0 Å². The standard InChI is InChI=1S/C28H26N2O5S/c1-6-14-34-21-13-12-19(15-22(21)33-5)16-23-26(31)30-25(20-10-8-7-9-11-20)24(27(32)35-17(2)3)18(4)29-28(30)36-23/h1,7-13,15-17,25H,14H2,2-5H3. The van der Waals surface area contributed by atoms with Crippen molar-refractivity contribution < 1.29 is 19.0 Å². The molecule has 0 fully saturated rings. The molecule has 0 radical (unpaired) electrons. The molecule has 8 heteroatoms. The number of hydrogen-bond donors (Lipinski definition) is 0. The Bertz CT molecular complexity index is 1540. The average Bonchev–Trinajstić information content (AvgIpc) is 3.16. The summed E-state index contributed by atoms with van der Waals surface area (Å²) in [4.78, 5) is 31.9. The van der Waals surface area contributed by atoms with Gasteiger partial charge in [-0.05, 0) is 50.1 Å². The van der Waals surface area contributed by atoms with E-state index >= 15 is 0 Å². The molecule has 0 bridgehead atoms. The van der Waals surface area contributed by atoms with Crippen molar-refractivity contribution >= 4 is 23.4 Å². The summed E-state index contributed by atoms with van der Waals surface area (Å²) in [5.41, 5.74) is 2.18. The van der Waals surface area contributed by atoms with Crippen molar-refractivity contribution in [3.63, 3.8) is 0 Å². The predicted octanol–water partition coefficient (Wildman–Crippen LogP) is 3.21. The maximum Gasteiger partial charge on any atom is 0.338 e. The topological polar surface area (TPSA) is 79.1 Å². The number of hydrogen-bond acceptors (Lipinski definition) is 7. The van der Waals surface area contributed by atoms with Crippen LogP contribution in [0.25, 0.3) is 6.08 Å². The van der Waals surface area contributed by atoms with E-state index in [0.29, 0.717) is 32.1 Å². The largest absolute Gasteiger partial charge is 0.493 e. The number of carbonyl (C=O) groups is 1. The molecule has 1 aliphatic rings. The second-order valence-corrected chi connectivity index (χ2v) is 9.36. The van der Waals surface area contributed by atoms with Crippen molar-refractivity contribution in [1.29, 1.82) is 0 Å². The van der Waals surface area contributed by atoms with Crippen molar-refractivity contribution in [2.24, 2.45) is 4.99 Å². The van der Waals surface area contributed by atoms with Gasteiger partial charge in [-0.2, -0.15) is 0 Å². The lowest BCUT2D eigenvalue weighted by Crippen LogP contribution is -2.40. The molecule has 1 aromatic heterocycles. The third-order valence-corrected chi connectivity index (χ3v) is 6.48. The van der Waals surface area contributed by atoms with E-state index in [4.69, 9.17) is 20.6 Å². The highest BCUT2D eigenvalue weighted by Crippen LogP contribution is 2.31. The maximum atomic E-state index is 13.7. The average molecular weight is 503 g/mol. The minimum atomic E-state index is -0.648. The number of allylic oxidation sites excluding steroid dienone is 1. The lowest BCUT2D eigenvalue weighted by Gasteiger charge is -2.25. The van der Waals surface area contributed by atoms with Crippen molar-refractivity contribution in [3.05, 3.63) is 90.6 Å². The molecule has 0 N–H and O–H groups in total. The van der Waals surface area contributed by atoms with Gasteiger partial charge in [-0.1, -0.05) is 53.7 Å². The highest BCUT2D eigenvalue weighted by atomic mass is 32.1. The number of thiazole rings is 1. The molecule has 0 saturated heterocycles. The Morgan fingerprint density at radius 1 is 1.22 bits per heavy atom. The summed E-state index contributed by atoms with van der Waals surface area (Å²) < 4.78 is 18.5. The smallest absolute Gasteiger partial charge is 0.338 e. The first-order valence-electron chi connectivity index (χ1n) is 11.4. The van der Waals surface area contributed by atoms with Crippen LogP contribution in [-0.2, 0) is 9.53 Å². The Morgan fingerprint density at radius 3 is 2.64 bits per heavy atom. The minimum Gasteiger partial charge on any atom is -0.493 e. The maximum absolute atomic E-state index is 13.7. The quantitative estimate of drug-likeness (QED) is 0.366. The van der Waals surface area contributed by atoms with E-state index in [2.05, 4.69) is 10.9 Å². The van der Waals surface area contributed by atoms with Gasteiger partial charge in [0.25, 0.3) is 5.56 Å². The number of rotatable bonds is 7. The van der Waals surface area contributed by atoms with Crippen LogP contribution >= 0.6 is 11.3 Å². The Labute approximate surface area is 213 Å². The van der Waals surface area contributed by atoms with Gasteiger partial charge in [-0.3, -0.25) is 9.36 Å². The van der Waals surface area contributed by atoms with Gasteiger partial charge < -0.3 is 14.2 Å². The van der Waals surface area contributed by atoms with Crippen molar-refractivity contribution in [3.8, 4) is 23.8 Å². The summed E-state index contributed by atoms with van der Waals surface area (Å²) >= 11 is 1.26. The summed E-state index contributed by atoms with van der Waals surface area (Å²) in [6.07, 6.45) is 6.74. The normalized spacial score (nSPS) is 15.2.